The predicted octanol–water partition coefficient (Wildman–Crippen LogP) is 2.61. The Morgan fingerprint density at radius 3 is 2.25 bits per heavy atom. The van der Waals surface area contributed by atoms with Gasteiger partial charge in [0, 0.05) is 12.6 Å². The van der Waals surface area contributed by atoms with Crippen LogP contribution >= 0.6 is 0 Å². The molecular weight excluding hydrogens is 198 g/mol. The van der Waals surface area contributed by atoms with Gasteiger partial charge < -0.3 is 10.6 Å². The lowest BCUT2D eigenvalue weighted by Crippen LogP contribution is -2.44. The molecule has 0 aromatic heterocycles. The Morgan fingerprint density at radius 1 is 1.25 bits per heavy atom. The maximum Gasteiger partial charge on any atom is 0.191 e. The molecule has 0 aromatic carbocycles. The Labute approximate surface area is 100 Å². The number of nitrogens with two attached hydrogens (primary N) is 1. The van der Waals surface area contributed by atoms with Gasteiger partial charge in [0.05, 0.1) is 6.04 Å². The molecule has 1 saturated carbocycles. The lowest BCUT2D eigenvalue weighted by Gasteiger charge is -2.30. The molecule has 0 unspecified atom stereocenters. The van der Waals surface area contributed by atoms with Gasteiger partial charge in [-0.05, 0) is 32.6 Å². The van der Waals surface area contributed by atoms with Gasteiger partial charge in [0.2, 0.25) is 0 Å². The third-order valence-electron chi connectivity index (χ3n) is 3.12. The van der Waals surface area contributed by atoms with Gasteiger partial charge in [-0.25, -0.2) is 4.99 Å². The molecule has 3 nitrogen and oxygen atoms in total. The van der Waals surface area contributed by atoms with E-state index in [9.17, 15) is 0 Å². The first kappa shape index (κ1) is 13.3. The van der Waals surface area contributed by atoms with Gasteiger partial charge in [-0.1, -0.05) is 26.7 Å². The fourth-order valence-electron chi connectivity index (χ4n) is 2.26. The summed E-state index contributed by atoms with van der Waals surface area (Å²) < 4.78 is 0. The molecule has 0 amide bonds. The summed E-state index contributed by atoms with van der Waals surface area (Å²) >= 11 is 0. The maximum absolute atomic E-state index is 6.12. The molecule has 1 rings (SSSR count). The van der Waals surface area contributed by atoms with Crippen molar-refractivity contribution in [1.29, 1.82) is 0 Å². The Bertz CT molecular complexity index is 227. The van der Waals surface area contributed by atoms with Crippen molar-refractivity contribution in [1.82, 2.24) is 4.90 Å². The highest BCUT2D eigenvalue weighted by Gasteiger charge is 2.18. The van der Waals surface area contributed by atoms with Gasteiger partial charge in [0.15, 0.2) is 5.96 Å². The first-order valence-electron chi connectivity index (χ1n) is 6.60. The van der Waals surface area contributed by atoms with E-state index < -0.39 is 0 Å². The highest BCUT2D eigenvalue weighted by Crippen LogP contribution is 2.21. The summed E-state index contributed by atoms with van der Waals surface area (Å²) in [4.78, 5) is 6.90. The molecule has 2 N–H and O–H groups in total. The summed E-state index contributed by atoms with van der Waals surface area (Å²) in [6, 6.07) is 0.918. The largest absolute Gasteiger partial charge is 0.370 e. The van der Waals surface area contributed by atoms with E-state index in [2.05, 4.69) is 37.6 Å². The number of nitrogens with zero attached hydrogens (tertiary/aromatic N) is 2. The standard InChI is InChI=1S/C13H27N3/c1-10(2)9-16(11(3)4)13(14)15-12-7-5-6-8-12/h10-12H,5-9H2,1-4H3,(H2,14,15). The van der Waals surface area contributed by atoms with Crippen LogP contribution in [0.25, 0.3) is 0 Å². The molecule has 0 bridgehead atoms. The van der Waals surface area contributed by atoms with Crippen molar-refractivity contribution < 1.29 is 0 Å². The Hall–Kier alpha value is -0.730. The number of hydrogen-bond acceptors (Lipinski definition) is 1. The van der Waals surface area contributed by atoms with Crippen molar-refractivity contribution in [2.45, 2.75) is 65.5 Å². The van der Waals surface area contributed by atoms with Crippen LogP contribution in [0, 0.1) is 5.92 Å². The molecule has 3 heteroatoms. The van der Waals surface area contributed by atoms with Crippen LogP contribution < -0.4 is 5.73 Å². The third-order valence-corrected chi connectivity index (χ3v) is 3.12. The van der Waals surface area contributed by atoms with E-state index >= 15 is 0 Å². The van der Waals surface area contributed by atoms with Crippen molar-refractivity contribution >= 4 is 5.96 Å². The molecule has 0 heterocycles. The summed E-state index contributed by atoms with van der Waals surface area (Å²) in [7, 11) is 0. The normalized spacial score (nSPS) is 18.8. The lowest BCUT2D eigenvalue weighted by molar-refractivity contribution is 0.306. The summed E-state index contributed by atoms with van der Waals surface area (Å²) in [6.07, 6.45) is 5.06. The molecule has 0 aromatic rings. The van der Waals surface area contributed by atoms with Gasteiger partial charge in [0.25, 0.3) is 0 Å². The molecule has 0 spiro atoms. The highest BCUT2D eigenvalue weighted by molar-refractivity contribution is 5.78. The molecule has 0 saturated heterocycles. The second kappa shape index (κ2) is 6.12. The summed E-state index contributed by atoms with van der Waals surface area (Å²) in [5.41, 5.74) is 6.12. The van der Waals surface area contributed by atoms with Gasteiger partial charge in [-0.3, -0.25) is 0 Å². The average molecular weight is 225 g/mol. The minimum atomic E-state index is 0.438. The molecule has 0 aliphatic heterocycles. The monoisotopic (exact) mass is 225 g/mol. The molecule has 1 fully saturated rings. The molecule has 1 aliphatic rings. The van der Waals surface area contributed by atoms with E-state index in [1.54, 1.807) is 0 Å². The fourth-order valence-corrected chi connectivity index (χ4v) is 2.26. The number of rotatable bonds is 4. The van der Waals surface area contributed by atoms with E-state index in [0.29, 0.717) is 18.0 Å². The molecule has 0 atom stereocenters. The smallest absolute Gasteiger partial charge is 0.191 e. The fraction of sp³-hybridized carbons (Fsp3) is 0.923. The summed E-state index contributed by atoms with van der Waals surface area (Å²) in [5.74, 6) is 1.37. The minimum Gasteiger partial charge on any atom is -0.370 e. The van der Waals surface area contributed by atoms with E-state index in [4.69, 9.17) is 5.73 Å². The van der Waals surface area contributed by atoms with Crippen molar-refractivity contribution in [3.05, 3.63) is 0 Å². The first-order valence-corrected chi connectivity index (χ1v) is 6.60. The number of hydrogen-bond donors (Lipinski definition) is 1. The Balaban J connectivity index is 2.61. The third kappa shape index (κ3) is 4.03. The summed E-state index contributed by atoms with van der Waals surface area (Å²) in [5, 5.41) is 0. The minimum absolute atomic E-state index is 0.438. The Morgan fingerprint density at radius 2 is 1.81 bits per heavy atom. The van der Waals surface area contributed by atoms with Gasteiger partial charge in [0.1, 0.15) is 0 Å². The van der Waals surface area contributed by atoms with Crippen LogP contribution in [-0.4, -0.2) is 29.5 Å². The molecular formula is C13H27N3. The zero-order valence-corrected chi connectivity index (χ0v) is 11.2. The zero-order valence-electron chi connectivity index (χ0n) is 11.2. The van der Waals surface area contributed by atoms with Crippen LogP contribution in [0.5, 0.6) is 0 Å². The van der Waals surface area contributed by atoms with Gasteiger partial charge in [-0.2, -0.15) is 0 Å². The topological polar surface area (TPSA) is 41.6 Å². The van der Waals surface area contributed by atoms with Gasteiger partial charge in [-0.15, -0.1) is 0 Å². The van der Waals surface area contributed by atoms with Crippen molar-refractivity contribution in [2.24, 2.45) is 16.6 Å². The lowest BCUT2D eigenvalue weighted by atomic mass is 10.2. The van der Waals surface area contributed by atoms with E-state index in [-0.39, 0.29) is 0 Å². The first-order chi connectivity index (χ1) is 7.50. The number of guanidine groups is 1. The summed E-state index contributed by atoms with van der Waals surface area (Å²) in [6.45, 7) is 9.80. The second-order valence-corrected chi connectivity index (χ2v) is 5.57. The van der Waals surface area contributed by atoms with Crippen LogP contribution in [0.4, 0.5) is 0 Å². The van der Waals surface area contributed by atoms with Crippen LogP contribution in [0.2, 0.25) is 0 Å². The highest BCUT2D eigenvalue weighted by atomic mass is 15.3. The van der Waals surface area contributed by atoms with Crippen LogP contribution in [0.15, 0.2) is 4.99 Å². The van der Waals surface area contributed by atoms with E-state index in [1.165, 1.54) is 25.7 Å². The molecule has 0 radical (unpaired) electrons. The second-order valence-electron chi connectivity index (χ2n) is 5.57. The molecule has 16 heavy (non-hydrogen) atoms. The van der Waals surface area contributed by atoms with Gasteiger partial charge >= 0.3 is 0 Å². The SMILES string of the molecule is CC(C)CN(C(N)=NC1CCCC1)C(C)C. The van der Waals surface area contributed by atoms with Crippen molar-refractivity contribution in [3.8, 4) is 0 Å². The maximum atomic E-state index is 6.12. The Kier molecular flexibility index (Phi) is 5.10. The average Bonchev–Trinajstić information content (AvgIpc) is 2.65. The predicted molar refractivity (Wildman–Crippen MR) is 70.6 cm³/mol. The molecule has 1 aliphatic carbocycles. The van der Waals surface area contributed by atoms with Crippen LogP contribution in [-0.2, 0) is 0 Å². The van der Waals surface area contributed by atoms with Crippen LogP contribution in [0.3, 0.4) is 0 Å². The zero-order chi connectivity index (χ0) is 12.1. The van der Waals surface area contributed by atoms with Crippen molar-refractivity contribution in [3.63, 3.8) is 0 Å². The quantitative estimate of drug-likeness (QED) is 0.590. The number of aliphatic imine (C=N–C) groups is 1. The van der Waals surface area contributed by atoms with E-state index in [1.807, 2.05) is 0 Å². The van der Waals surface area contributed by atoms with Crippen molar-refractivity contribution in [2.75, 3.05) is 6.54 Å². The molecule has 94 valence electrons. The van der Waals surface area contributed by atoms with Crippen LogP contribution in [0.1, 0.15) is 53.4 Å². The van der Waals surface area contributed by atoms with E-state index in [0.717, 1.165) is 12.5 Å².